The van der Waals surface area contributed by atoms with Crippen molar-refractivity contribution in [1.82, 2.24) is 5.32 Å². The monoisotopic (exact) mass is 318 g/mol. The average Bonchev–Trinajstić information content (AvgIpc) is 2.35. The van der Waals surface area contributed by atoms with Crippen LogP contribution in [-0.4, -0.2) is 29.6 Å². The molecule has 0 saturated heterocycles. The van der Waals surface area contributed by atoms with Gasteiger partial charge in [-0.15, -0.1) is 0 Å². The van der Waals surface area contributed by atoms with Gasteiger partial charge in [0.1, 0.15) is 0 Å². The van der Waals surface area contributed by atoms with E-state index in [9.17, 15) is 22.8 Å². The molecule has 0 fully saturated rings. The third-order valence-electron chi connectivity index (χ3n) is 2.69. The Balaban J connectivity index is 3.01. The van der Waals surface area contributed by atoms with Gasteiger partial charge in [0.15, 0.2) is 0 Å². The molecule has 0 spiro atoms. The lowest BCUT2D eigenvalue weighted by atomic mass is 10.1. The third kappa shape index (κ3) is 5.72. The first kappa shape index (κ1) is 18.0. The van der Waals surface area contributed by atoms with E-state index < -0.39 is 29.7 Å². The third-order valence-corrected chi connectivity index (χ3v) is 2.69. The minimum Gasteiger partial charge on any atom is -0.393 e. The number of benzene rings is 1. The van der Waals surface area contributed by atoms with Gasteiger partial charge in [0.2, 0.25) is 5.91 Å². The van der Waals surface area contributed by atoms with Crippen LogP contribution in [0.25, 0.3) is 0 Å². The predicted octanol–water partition coefficient (Wildman–Crippen LogP) is 2.16. The number of halogens is 3. The lowest BCUT2D eigenvalue weighted by Crippen LogP contribution is -2.27. The summed E-state index contributed by atoms with van der Waals surface area (Å²) in [4.78, 5) is 22.9. The molecule has 0 radical (unpaired) electrons. The molecule has 8 heteroatoms. The van der Waals surface area contributed by atoms with Crippen LogP contribution in [-0.2, 0) is 11.0 Å². The van der Waals surface area contributed by atoms with E-state index in [2.05, 4.69) is 10.6 Å². The minimum atomic E-state index is -4.64. The Morgan fingerprint density at radius 1 is 1.27 bits per heavy atom. The van der Waals surface area contributed by atoms with Crippen LogP contribution < -0.4 is 10.6 Å². The number of hydrogen-bond acceptors (Lipinski definition) is 3. The number of alkyl halides is 3. The van der Waals surface area contributed by atoms with Gasteiger partial charge in [0.25, 0.3) is 5.91 Å². The molecule has 122 valence electrons. The van der Waals surface area contributed by atoms with Crippen LogP contribution in [0.2, 0.25) is 0 Å². The zero-order valence-corrected chi connectivity index (χ0v) is 12.1. The second-order valence-corrected chi connectivity index (χ2v) is 4.87. The van der Waals surface area contributed by atoms with E-state index in [0.29, 0.717) is 6.07 Å². The quantitative estimate of drug-likeness (QED) is 0.778. The summed E-state index contributed by atoms with van der Waals surface area (Å²) in [7, 11) is 0. The normalized spacial score (nSPS) is 12.6. The van der Waals surface area contributed by atoms with Gasteiger partial charge in [-0.1, -0.05) is 0 Å². The summed E-state index contributed by atoms with van der Waals surface area (Å²) in [5.74, 6) is -1.25. The Hall–Kier alpha value is -2.09. The maximum Gasteiger partial charge on any atom is 0.416 e. The minimum absolute atomic E-state index is 0.108. The van der Waals surface area contributed by atoms with E-state index in [4.69, 9.17) is 5.11 Å². The van der Waals surface area contributed by atoms with Gasteiger partial charge < -0.3 is 15.7 Å². The zero-order valence-electron chi connectivity index (χ0n) is 12.1. The molecule has 0 bridgehead atoms. The molecular formula is C14H17F3N2O3. The van der Waals surface area contributed by atoms with Crippen molar-refractivity contribution in [3.63, 3.8) is 0 Å². The van der Waals surface area contributed by atoms with Crippen molar-refractivity contribution in [2.24, 2.45) is 0 Å². The number of aliphatic hydroxyl groups is 1. The predicted molar refractivity (Wildman–Crippen MR) is 74.4 cm³/mol. The molecule has 5 nitrogen and oxygen atoms in total. The van der Waals surface area contributed by atoms with Crippen molar-refractivity contribution in [2.45, 2.75) is 32.5 Å². The molecule has 2 amide bonds. The van der Waals surface area contributed by atoms with Crippen molar-refractivity contribution in [3.8, 4) is 0 Å². The Labute approximate surface area is 125 Å². The fraction of sp³-hybridized carbons (Fsp3) is 0.429. The number of hydrogen-bond donors (Lipinski definition) is 3. The summed E-state index contributed by atoms with van der Waals surface area (Å²) in [6.07, 6.45) is -4.98. The van der Waals surface area contributed by atoms with Crippen LogP contribution in [0.4, 0.5) is 18.9 Å². The van der Waals surface area contributed by atoms with Gasteiger partial charge in [0.05, 0.1) is 11.7 Å². The SMILES string of the molecule is CC(=O)Nc1cc(C(=O)NCCC(C)O)cc(C(F)(F)F)c1. The van der Waals surface area contributed by atoms with Crippen LogP contribution in [0, 0.1) is 0 Å². The average molecular weight is 318 g/mol. The molecule has 1 aromatic rings. The van der Waals surface area contributed by atoms with Crippen molar-refractivity contribution in [2.75, 3.05) is 11.9 Å². The largest absolute Gasteiger partial charge is 0.416 e. The highest BCUT2D eigenvalue weighted by Crippen LogP contribution is 2.32. The summed E-state index contributed by atoms with van der Waals surface area (Å²) < 4.78 is 38.5. The highest BCUT2D eigenvalue weighted by molar-refractivity contribution is 5.97. The van der Waals surface area contributed by atoms with Crippen molar-refractivity contribution >= 4 is 17.5 Å². The van der Waals surface area contributed by atoms with Crippen LogP contribution in [0.5, 0.6) is 0 Å². The molecule has 0 saturated carbocycles. The number of rotatable bonds is 5. The van der Waals surface area contributed by atoms with Crippen LogP contribution >= 0.6 is 0 Å². The van der Waals surface area contributed by atoms with Crippen molar-refractivity contribution in [3.05, 3.63) is 29.3 Å². The Bertz CT molecular complexity index is 557. The lowest BCUT2D eigenvalue weighted by molar-refractivity contribution is -0.137. The molecular weight excluding hydrogens is 301 g/mol. The van der Waals surface area contributed by atoms with Gasteiger partial charge in [-0.2, -0.15) is 13.2 Å². The summed E-state index contributed by atoms with van der Waals surface area (Å²) in [5, 5.41) is 13.7. The molecule has 3 N–H and O–H groups in total. The first-order valence-electron chi connectivity index (χ1n) is 6.55. The van der Waals surface area contributed by atoms with Crippen molar-refractivity contribution in [1.29, 1.82) is 0 Å². The first-order valence-corrected chi connectivity index (χ1v) is 6.55. The Morgan fingerprint density at radius 3 is 2.41 bits per heavy atom. The first-order chi connectivity index (χ1) is 10.1. The van der Waals surface area contributed by atoms with Crippen LogP contribution in [0.1, 0.15) is 36.2 Å². The fourth-order valence-electron chi connectivity index (χ4n) is 1.69. The van der Waals surface area contributed by atoms with Crippen molar-refractivity contribution < 1.29 is 27.9 Å². The molecule has 1 aromatic carbocycles. The number of anilines is 1. The Kier molecular flexibility index (Phi) is 5.92. The van der Waals surface area contributed by atoms with Gasteiger partial charge in [-0.05, 0) is 31.5 Å². The number of amides is 2. The molecule has 1 unspecified atom stereocenters. The van der Waals surface area contributed by atoms with Gasteiger partial charge in [0, 0.05) is 24.7 Å². The highest BCUT2D eigenvalue weighted by atomic mass is 19.4. The van der Waals surface area contributed by atoms with E-state index in [1.165, 1.54) is 6.92 Å². The molecule has 1 atom stereocenters. The second kappa shape index (κ2) is 7.26. The topological polar surface area (TPSA) is 78.4 Å². The Morgan fingerprint density at radius 2 is 1.91 bits per heavy atom. The smallest absolute Gasteiger partial charge is 0.393 e. The van der Waals surface area contributed by atoms with E-state index >= 15 is 0 Å². The van der Waals surface area contributed by atoms with Crippen LogP contribution in [0.15, 0.2) is 18.2 Å². The molecule has 22 heavy (non-hydrogen) atoms. The summed E-state index contributed by atoms with van der Waals surface area (Å²) in [5.41, 5.74) is -1.36. The second-order valence-electron chi connectivity index (χ2n) is 4.87. The van der Waals surface area contributed by atoms with E-state index in [1.54, 1.807) is 0 Å². The van der Waals surface area contributed by atoms with E-state index in [0.717, 1.165) is 19.1 Å². The number of aliphatic hydroxyl groups excluding tert-OH is 1. The van der Waals surface area contributed by atoms with Gasteiger partial charge >= 0.3 is 6.18 Å². The van der Waals surface area contributed by atoms with Gasteiger partial charge in [-0.3, -0.25) is 9.59 Å². The molecule has 0 aliphatic heterocycles. The van der Waals surface area contributed by atoms with E-state index in [1.807, 2.05) is 0 Å². The summed E-state index contributed by atoms with van der Waals surface area (Å²) in [6.45, 7) is 2.82. The zero-order chi connectivity index (χ0) is 16.9. The van der Waals surface area contributed by atoms with Crippen LogP contribution in [0.3, 0.4) is 0 Å². The number of carbonyl (C=O) groups excluding carboxylic acids is 2. The maximum absolute atomic E-state index is 12.8. The standard InChI is InChI=1S/C14H17F3N2O3/c1-8(20)3-4-18-13(22)10-5-11(14(15,16)17)7-12(6-10)19-9(2)21/h5-8,20H,3-4H2,1-2H3,(H,18,22)(H,19,21). The lowest BCUT2D eigenvalue weighted by Gasteiger charge is -2.13. The molecule has 1 rings (SSSR count). The molecule has 0 aliphatic carbocycles. The van der Waals surface area contributed by atoms with E-state index in [-0.39, 0.29) is 24.2 Å². The molecule has 0 aromatic heterocycles. The highest BCUT2D eigenvalue weighted by Gasteiger charge is 2.32. The molecule has 0 aliphatic rings. The maximum atomic E-state index is 12.8. The summed E-state index contributed by atoms with van der Waals surface area (Å²) >= 11 is 0. The summed E-state index contributed by atoms with van der Waals surface area (Å²) in [6, 6.07) is 2.63. The molecule has 0 heterocycles. The number of carbonyl (C=O) groups is 2. The number of nitrogens with one attached hydrogen (secondary N) is 2. The fourth-order valence-corrected chi connectivity index (χ4v) is 1.69. The van der Waals surface area contributed by atoms with Gasteiger partial charge in [-0.25, -0.2) is 0 Å².